The number of amides is 2. The minimum atomic E-state index is -0.481. The zero-order valence-corrected chi connectivity index (χ0v) is 19.2. The van der Waals surface area contributed by atoms with Crippen LogP contribution in [0.25, 0.3) is 0 Å². The van der Waals surface area contributed by atoms with Crippen LogP contribution in [0.3, 0.4) is 0 Å². The van der Waals surface area contributed by atoms with E-state index in [1.807, 2.05) is 51.1 Å². The molecule has 3 heterocycles. The summed E-state index contributed by atoms with van der Waals surface area (Å²) in [6.45, 7) is 9.03. The summed E-state index contributed by atoms with van der Waals surface area (Å²) in [6, 6.07) is 13.8. The molecule has 1 unspecified atom stereocenters. The van der Waals surface area contributed by atoms with E-state index >= 15 is 0 Å². The number of nitrogens with two attached hydrogens (primary N) is 1. The number of carbonyl (C=O) groups excluding carboxylic acids is 2. The number of aliphatic imine (C=N–C) groups is 1. The van der Waals surface area contributed by atoms with Gasteiger partial charge >= 0.3 is 0 Å². The summed E-state index contributed by atoms with van der Waals surface area (Å²) in [5.41, 5.74) is 7.44. The van der Waals surface area contributed by atoms with E-state index in [1.54, 1.807) is 11.1 Å². The Labute approximate surface area is 189 Å². The molecule has 2 atom stereocenters. The third-order valence-corrected chi connectivity index (χ3v) is 6.95. The van der Waals surface area contributed by atoms with Crippen LogP contribution in [-0.4, -0.2) is 39.7 Å². The fraction of sp³-hybridized carbons (Fsp3) is 0.440. The van der Waals surface area contributed by atoms with Crippen LogP contribution in [0, 0.1) is 5.92 Å². The van der Waals surface area contributed by atoms with E-state index in [0.29, 0.717) is 31.7 Å². The predicted octanol–water partition coefficient (Wildman–Crippen LogP) is 3.24. The Balaban J connectivity index is 1.55. The van der Waals surface area contributed by atoms with Gasteiger partial charge in [-0.05, 0) is 36.1 Å². The Kier molecular flexibility index (Phi) is 5.53. The van der Waals surface area contributed by atoms with E-state index in [4.69, 9.17) is 5.73 Å². The van der Waals surface area contributed by atoms with Crippen molar-refractivity contribution in [2.24, 2.45) is 16.6 Å². The first kappa shape index (κ1) is 22.0. The van der Waals surface area contributed by atoms with Crippen molar-refractivity contribution in [3.8, 4) is 0 Å². The van der Waals surface area contributed by atoms with E-state index < -0.39 is 5.54 Å². The Bertz CT molecular complexity index is 1070. The highest BCUT2D eigenvalue weighted by Crippen LogP contribution is 2.37. The Morgan fingerprint density at radius 2 is 1.78 bits per heavy atom. The van der Waals surface area contributed by atoms with Gasteiger partial charge in [0, 0.05) is 24.6 Å². The number of rotatable bonds is 5. The molecule has 1 saturated heterocycles. The zero-order chi connectivity index (χ0) is 23.1. The minimum absolute atomic E-state index is 0.0408. The van der Waals surface area contributed by atoms with Gasteiger partial charge in [0.05, 0.1) is 18.5 Å². The lowest BCUT2D eigenvalue weighted by Gasteiger charge is -2.37. The number of aromatic nitrogens is 1. The lowest BCUT2D eigenvalue weighted by molar-refractivity contribution is -0.130. The Morgan fingerprint density at radius 1 is 1.06 bits per heavy atom. The second-order valence-corrected chi connectivity index (χ2v) is 9.74. The average Bonchev–Trinajstić information content (AvgIpc) is 3.07. The fourth-order valence-corrected chi connectivity index (χ4v) is 4.45. The van der Waals surface area contributed by atoms with Crippen LogP contribution in [0.2, 0.25) is 0 Å². The summed E-state index contributed by atoms with van der Waals surface area (Å²) in [5, 5.41) is 0. The molecule has 2 aliphatic rings. The highest BCUT2D eigenvalue weighted by atomic mass is 16.2. The van der Waals surface area contributed by atoms with Gasteiger partial charge in [0.25, 0.3) is 0 Å². The van der Waals surface area contributed by atoms with Gasteiger partial charge in [-0.15, -0.1) is 0 Å². The fourth-order valence-electron chi connectivity index (χ4n) is 4.45. The molecule has 168 valence electrons. The number of nitrogens with zero attached hydrogens (tertiary/aromatic N) is 4. The summed E-state index contributed by atoms with van der Waals surface area (Å²) < 4.78 is 0. The summed E-state index contributed by atoms with van der Waals surface area (Å²) in [7, 11) is 0. The molecule has 0 radical (unpaired) electrons. The maximum Gasteiger partial charge on any atom is 0.232 e. The quantitative estimate of drug-likeness (QED) is 0.784. The molecule has 4 rings (SSSR count). The molecule has 0 aliphatic carbocycles. The molecule has 7 nitrogen and oxygen atoms in total. The molecular weight excluding hydrogens is 402 g/mol. The number of hydrogen-bond acceptors (Lipinski definition) is 5. The van der Waals surface area contributed by atoms with Gasteiger partial charge < -0.3 is 5.73 Å². The molecule has 2 aromatic rings. The van der Waals surface area contributed by atoms with Gasteiger partial charge in [0.2, 0.25) is 11.8 Å². The van der Waals surface area contributed by atoms with Gasteiger partial charge in [-0.1, -0.05) is 51.1 Å². The topological polar surface area (TPSA) is 91.9 Å². The van der Waals surface area contributed by atoms with Crippen LogP contribution in [-0.2, 0) is 21.5 Å². The smallest absolute Gasteiger partial charge is 0.232 e. The maximum atomic E-state index is 12.9. The molecule has 1 aromatic carbocycles. The van der Waals surface area contributed by atoms with Gasteiger partial charge in [-0.2, -0.15) is 0 Å². The first-order chi connectivity index (χ1) is 15.1. The van der Waals surface area contributed by atoms with Crippen LogP contribution < -0.4 is 10.6 Å². The monoisotopic (exact) mass is 433 g/mol. The van der Waals surface area contributed by atoms with Crippen molar-refractivity contribution in [3.63, 3.8) is 0 Å². The van der Waals surface area contributed by atoms with Crippen molar-refractivity contribution in [2.45, 2.75) is 58.0 Å². The standard InChI is InChI=1S/C25H31N5O2/c1-17(2)25(4)14-22(32)29(23(26)28-25)15-18-10-11-27-20(12-18)30-16-24(3,13-21(30)31)19-8-6-5-7-9-19/h5-12,17H,13-16H2,1-4H3,(H2,26,28)/t24?,25-/m0/s1. The summed E-state index contributed by atoms with van der Waals surface area (Å²) >= 11 is 0. The van der Waals surface area contributed by atoms with Crippen LogP contribution in [0.1, 0.15) is 51.7 Å². The van der Waals surface area contributed by atoms with E-state index in [2.05, 4.69) is 29.0 Å². The minimum Gasteiger partial charge on any atom is -0.369 e. The number of carbonyl (C=O) groups is 2. The van der Waals surface area contributed by atoms with Crippen molar-refractivity contribution in [2.75, 3.05) is 11.4 Å². The SMILES string of the molecule is CC(C)[C@]1(C)CC(=O)N(Cc2ccnc(N3CC(C)(c4ccccc4)CC3=O)c2)C(N)=N1. The second kappa shape index (κ2) is 8.04. The van der Waals surface area contributed by atoms with Crippen molar-refractivity contribution in [1.29, 1.82) is 0 Å². The largest absolute Gasteiger partial charge is 0.369 e. The van der Waals surface area contributed by atoms with Crippen molar-refractivity contribution in [1.82, 2.24) is 9.88 Å². The number of anilines is 1. The van der Waals surface area contributed by atoms with Crippen molar-refractivity contribution in [3.05, 3.63) is 59.8 Å². The molecule has 7 heteroatoms. The molecule has 2 N–H and O–H groups in total. The highest BCUT2D eigenvalue weighted by molar-refractivity contribution is 5.99. The lowest BCUT2D eigenvalue weighted by Crippen LogP contribution is -2.51. The number of pyridine rings is 1. The van der Waals surface area contributed by atoms with E-state index in [9.17, 15) is 9.59 Å². The Morgan fingerprint density at radius 3 is 2.44 bits per heavy atom. The van der Waals surface area contributed by atoms with Gasteiger partial charge in [0.1, 0.15) is 5.82 Å². The van der Waals surface area contributed by atoms with Gasteiger partial charge in [-0.3, -0.25) is 19.4 Å². The van der Waals surface area contributed by atoms with E-state index in [1.165, 1.54) is 4.90 Å². The molecule has 0 bridgehead atoms. The maximum absolute atomic E-state index is 12.9. The molecule has 0 spiro atoms. The predicted molar refractivity (Wildman–Crippen MR) is 125 cm³/mol. The Hall–Kier alpha value is -3.22. The second-order valence-electron chi connectivity index (χ2n) is 9.74. The lowest BCUT2D eigenvalue weighted by atomic mass is 9.82. The molecule has 1 aromatic heterocycles. The normalized spacial score (nSPS) is 26.1. The van der Waals surface area contributed by atoms with Crippen LogP contribution >= 0.6 is 0 Å². The number of hydrogen-bond donors (Lipinski definition) is 1. The van der Waals surface area contributed by atoms with Crippen LogP contribution in [0.5, 0.6) is 0 Å². The summed E-state index contributed by atoms with van der Waals surface area (Å²) in [5.74, 6) is 1.05. The zero-order valence-electron chi connectivity index (χ0n) is 19.2. The van der Waals surface area contributed by atoms with Crippen LogP contribution in [0.15, 0.2) is 53.7 Å². The molecule has 2 aliphatic heterocycles. The van der Waals surface area contributed by atoms with Gasteiger partial charge in [-0.25, -0.2) is 9.98 Å². The van der Waals surface area contributed by atoms with Crippen molar-refractivity contribution < 1.29 is 9.59 Å². The van der Waals surface area contributed by atoms with E-state index in [-0.39, 0.29) is 29.1 Å². The molecule has 0 saturated carbocycles. The highest BCUT2D eigenvalue weighted by Gasteiger charge is 2.42. The molecule has 1 fully saturated rings. The molecule has 2 amide bonds. The summed E-state index contributed by atoms with van der Waals surface area (Å²) in [4.78, 5) is 38.1. The first-order valence-electron chi connectivity index (χ1n) is 11.1. The molecular formula is C25H31N5O2. The van der Waals surface area contributed by atoms with E-state index in [0.717, 1.165) is 11.1 Å². The van der Waals surface area contributed by atoms with Crippen LogP contribution in [0.4, 0.5) is 5.82 Å². The number of guanidine groups is 1. The molecule has 32 heavy (non-hydrogen) atoms. The third-order valence-electron chi connectivity index (χ3n) is 6.95. The third kappa shape index (κ3) is 3.99. The van der Waals surface area contributed by atoms with Gasteiger partial charge in [0.15, 0.2) is 5.96 Å². The first-order valence-corrected chi connectivity index (χ1v) is 11.1. The summed E-state index contributed by atoms with van der Waals surface area (Å²) in [6.07, 6.45) is 2.43. The average molecular weight is 434 g/mol. The number of benzene rings is 1. The van der Waals surface area contributed by atoms with Crippen molar-refractivity contribution >= 4 is 23.6 Å².